The van der Waals surface area contributed by atoms with E-state index in [2.05, 4.69) is 4.98 Å². The summed E-state index contributed by atoms with van der Waals surface area (Å²) in [6.07, 6.45) is 0.440. The predicted molar refractivity (Wildman–Crippen MR) is 62.1 cm³/mol. The second-order valence-corrected chi connectivity index (χ2v) is 4.01. The van der Waals surface area contributed by atoms with Gasteiger partial charge in [0.25, 0.3) is 11.5 Å². The van der Waals surface area contributed by atoms with Gasteiger partial charge < -0.3 is 25.3 Å². The van der Waals surface area contributed by atoms with Crippen LogP contribution in [0.25, 0.3) is 0 Å². The molecule has 0 unspecified atom stereocenters. The number of carboxylic acids is 1. The number of rotatable bonds is 3. The highest BCUT2D eigenvalue weighted by Crippen LogP contribution is 2.25. The molecule has 0 aromatic carbocycles. The molecule has 19 heavy (non-hydrogen) atoms. The van der Waals surface area contributed by atoms with Crippen LogP contribution in [0.2, 0.25) is 0 Å². The van der Waals surface area contributed by atoms with E-state index in [1.807, 2.05) is 5.32 Å². The van der Waals surface area contributed by atoms with Gasteiger partial charge in [-0.25, -0.2) is 0 Å². The SMILES string of the molecule is O=C(O)CNC(=O)c1c(O)c2c([nH]c1=O)CCOC2. The second kappa shape index (κ2) is 5.11. The zero-order chi connectivity index (χ0) is 14.0. The van der Waals surface area contributed by atoms with Gasteiger partial charge in [-0.15, -0.1) is 0 Å². The predicted octanol–water partition coefficient (Wildman–Crippen LogP) is -1.03. The van der Waals surface area contributed by atoms with Gasteiger partial charge in [-0.2, -0.15) is 0 Å². The summed E-state index contributed by atoms with van der Waals surface area (Å²) in [6.45, 7) is -0.116. The lowest BCUT2D eigenvalue weighted by atomic mass is 10.0. The number of aliphatic carboxylic acids is 1. The smallest absolute Gasteiger partial charge is 0.322 e. The molecule has 0 radical (unpaired) electrons. The molecule has 0 bridgehead atoms. The number of carboxylic acid groups (broad SMARTS) is 1. The summed E-state index contributed by atoms with van der Waals surface area (Å²) in [4.78, 5) is 36.3. The Bertz CT molecular complexity index is 592. The molecule has 8 nitrogen and oxygen atoms in total. The summed E-state index contributed by atoms with van der Waals surface area (Å²) < 4.78 is 5.14. The topological polar surface area (TPSA) is 129 Å². The van der Waals surface area contributed by atoms with E-state index in [1.165, 1.54) is 0 Å². The lowest BCUT2D eigenvalue weighted by molar-refractivity contribution is -0.135. The summed E-state index contributed by atoms with van der Waals surface area (Å²) in [7, 11) is 0. The van der Waals surface area contributed by atoms with Gasteiger partial charge in [0.15, 0.2) is 0 Å². The van der Waals surface area contributed by atoms with Crippen molar-refractivity contribution in [1.82, 2.24) is 10.3 Å². The molecule has 1 aliphatic heterocycles. The summed E-state index contributed by atoms with van der Waals surface area (Å²) in [5.74, 6) is -2.64. The third kappa shape index (κ3) is 2.58. The van der Waals surface area contributed by atoms with Crippen molar-refractivity contribution in [2.24, 2.45) is 0 Å². The van der Waals surface area contributed by atoms with Gasteiger partial charge in [0.1, 0.15) is 17.9 Å². The van der Waals surface area contributed by atoms with Crippen molar-refractivity contribution in [2.75, 3.05) is 13.2 Å². The number of amides is 1. The molecule has 2 rings (SSSR count). The number of fused-ring (bicyclic) bond motifs is 1. The molecule has 2 heterocycles. The van der Waals surface area contributed by atoms with Crippen molar-refractivity contribution >= 4 is 11.9 Å². The number of aromatic nitrogens is 1. The van der Waals surface area contributed by atoms with Crippen LogP contribution >= 0.6 is 0 Å². The van der Waals surface area contributed by atoms with Crippen molar-refractivity contribution in [2.45, 2.75) is 13.0 Å². The van der Waals surface area contributed by atoms with Crippen LogP contribution in [0.3, 0.4) is 0 Å². The largest absolute Gasteiger partial charge is 0.506 e. The van der Waals surface area contributed by atoms with E-state index in [1.54, 1.807) is 0 Å². The molecule has 4 N–H and O–H groups in total. The minimum Gasteiger partial charge on any atom is -0.506 e. The second-order valence-electron chi connectivity index (χ2n) is 4.01. The summed E-state index contributed by atoms with van der Waals surface area (Å²) in [5, 5.41) is 20.4. The van der Waals surface area contributed by atoms with Crippen molar-refractivity contribution in [1.29, 1.82) is 0 Å². The Morgan fingerprint density at radius 3 is 2.84 bits per heavy atom. The van der Waals surface area contributed by atoms with E-state index in [0.717, 1.165) is 0 Å². The molecule has 1 aliphatic rings. The molecule has 8 heteroatoms. The van der Waals surface area contributed by atoms with E-state index in [-0.39, 0.29) is 6.61 Å². The average molecular weight is 268 g/mol. The minimum atomic E-state index is -1.24. The first-order valence-corrected chi connectivity index (χ1v) is 5.55. The van der Waals surface area contributed by atoms with E-state index in [4.69, 9.17) is 9.84 Å². The maximum atomic E-state index is 11.7. The Morgan fingerprint density at radius 1 is 1.42 bits per heavy atom. The summed E-state index contributed by atoms with van der Waals surface area (Å²) in [6, 6.07) is 0. The Kier molecular flexibility index (Phi) is 3.52. The van der Waals surface area contributed by atoms with Crippen LogP contribution < -0.4 is 10.9 Å². The van der Waals surface area contributed by atoms with Gasteiger partial charge in [0.2, 0.25) is 0 Å². The van der Waals surface area contributed by atoms with E-state index in [9.17, 15) is 19.5 Å². The number of ether oxygens (including phenoxy) is 1. The van der Waals surface area contributed by atoms with E-state index in [0.29, 0.717) is 24.3 Å². The molecule has 1 aromatic rings. The van der Waals surface area contributed by atoms with Crippen LogP contribution in [0, 0.1) is 0 Å². The third-order valence-electron chi connectivity index (χ3n) is 2.75. The average Bonchev–Trinajstić information content (AvgIpc) is 2.36. The first-order valence-electron chi connectivity index (χ1n) is 5.55. The first-order chi connectivity index (χ1) is 9.00. The molecule has 0 aliphatic carbocycles. The van der Waals surface area contributed by atoms with Crippen LogP contribution in [0.15, 0.2) is 4.79 Å². The van der Waals surface area contributed by atoms with Crippen LogP contribution in [0.5, 0.6) is 5.75 Å². The number of H-pyrrole nitrogens is 1. The molecule has 0 fully saturated rings. The van der Waals surface area contributed by atoms with Gasteiger partial charge in [-0.1, -0.05) is 0 Å². The Morgan fingerprint density at radius 2 is 2.16 bits per heavy atom. The van der Waals surface area contributed by atoms with Gasteiger partial charge in [0, 0.05) is 17.7 Å². The summed E-state index contributed by atoms with van der Waals surface area (Å²) >= 11 is 0. The zero-order valence-corrected chi connectivity index (χ0v) is 9.86. The maximum absolute atomic E-state index is 11.7. The molecular weight excluding hydrogens is 256 g/mol. The van der Waals surface area contributed by atoms with Gasteiger partial charge in [-0.3, -0.25) is 14.4 Å². The normalized spacial score (nSPS) is 13.7. The number of nitrogens with one attached hydrogen (secondary N) is 2. The minimum absolute atomic E-state index is 0.0944. The molecule has 102 valence electrons. The van der Waals surface area contributed by atoms with Crippen molar-refractivity contribution in [3.63, 3.8) is 0 Å². The highest BCUT2D eigenvalue weighted by molar-refractivity contribution is 5.98. The lowest BCUT2D eigenvalue weighted by Crippen LogP contribution is -2.34. The molecule has 0 atom stereocenters. The van der Waals surface area contributed by atoms with Crippen LogP contribution in [0.1, 0.15) is 21.6 Å². The number of hydrogen-bond acceptors (Lipinski definition) is 5. The van der Waals surface area contributed by atoms with Crippen molar-refractivity contribution < 1.29 is 24.5 Å². The van der Waals surface area contributed by atoms with Crippen molar-refractivity contribution in [3.8, 4) is 5.75 Å². The number of aromatic amines is 1. The fourth-order valence-electron chi connectivity index (χ4n) is 1.85. The van der Waals surface area contributed by atoms with Crippen molar-refractivity contribution in [3.05, 3.63) is 27.2 Å². The first kappa shape index (κ1) is 13.1. The molecule has 1 amide bonds. The van der Waals surface area contributed by atoms with Crippen LogP contribution in [-0.4, -0.2) is 40.2 Å². The number of hydrogen-bond donors (Lipinski definition) is 4. The monoisotopic (exact) mass is 268 g/mol. The Balaban J connectivity index is 2.38. The molecular formula is C11H12N2O6. The van der Waals surface area contributed by atoms with Gasteiger partial charge in [-0.05, 0) is 0 Å². The zero-order valence-electron chi connectivity index (χ0n) is 9.86. The third-order valence-corrected chi connectivity index (χ3v) is 2.75. The number of carbonyl (C=O) groups is 2. The van der Waals surface area contributed by atoms with E-state index < -0.39 is 35.3 Å². The van der Waals surface area contributed by atoms with Gasteiger partial charge >= 0.3 is 5.97 Å². The number of carbonyl (C=O) groups excluding carboxylic acids is 1. The lowest BCUT2D eigenvalue weighted by Gasteiger charge is -2.18. The fourth-order valence-corrected chi connectivity index (χ4v) is 1.85. The molecule has 0 saturated carbocycles. The number of pyridine rings is 1. The standard InChI is InChI=1S/C11H12N2O6/c14-7(15)3-12-10(17)8-9(16)5-4-19-2-1-6(5)13-11(8)18/h1-4H2,(H,12,17)(H,14,15)(H2,13,16,18). The Labute approximate surface area is 107 Å². The van der Waals surface area contributed by atoms with Crippen LogP contribution in [-0.2, 0) is 22.6 Å². The van der Waals surface area contributed by atoms with E-state index >= 15 is 0 Å². The summed E-state index contributed by atoms with van der Waals surface area (Å²) in [5.41, 5.74) is -0.360. The molecule has 0 spiro atoms. The van der Waals surface area contributed by atoms with Crippen LogP contribution in [0.4, 0.5) is 0 Å². The Hall–Kier alpha value is -2.35. The molecule has 0 saturated heterocycles. The number of aromatic hydroxyl groups is 1. The molecule has 1 aromatic heterocycles. The quantitative estimate of drug-likeness (QED) is 0.554. The maximum Gasteiger partial charge on any atom is 0.322 e. The highest BCUT2D eigenvalue weighted by atomic mass is 16.5. The van der Waals surface area contributed by atoms with Gasteiger partial charge in [0.05, 0.1) is 13.2 Å². The highest BCUT2D eigenvalue weighted by Gasteiger charge is 2.24. The fraction of sp³-hybridized carbons (Fsp3) is 0.364.